The highest BCUT2D eigenvalue weighted by Crippen LogP contribution is 2.34. The van der Waals surface area contributed by atoms with Crippen molar-refractivity contribution < 1.29 is 19.3 Å². The quantitative estimate of drug-likeness (QED) is 0.409. The molecule has 0 bridgehead atoms. The molecule has 5 rings (SSSR count). The third kappa shape index (κ3) is 5.37. The molecule has 11 heteroatoms. The number of rotatable bonds is 11. The maximum Gasteiger partial charge on any atom is 0.252 e. The van der Waals surface area contributed by atoms with Crippen LogP contribution >= 0.6 is 0 Å². The number of fused-ring (bicyclic) bond motifs is 2. The average Bonchev–Trinajstić information content (AvgIpc) is 3.57. The second-order valence-corrected chi connectivity index (χ2v) is 9.41. The lowest BCUT2D eigenvalue weighted by molar-refractivity contribution is 0.0885. The van der Waals surface area contributed by atoms with Crippen molar-refractivity contribution in [3.05, 3.63) is 39.9 Å². The van der Waals surface area contributed by atoms with Gasteiger partial charge in [-0.3, -0.25) is 9.69 Å². The van der Waals surface area contributed by atoms with Gasteiger partial charge < -0.3 is 24.3 Å². The van der Waals surface area contributed by atoms with Gasteiger partial charge in [0.1, 0.15) is 13.2 Å². The van der Waals surface area contributed by atoms with Gasteiger partial charge in [0.25, 0.3) is 5.56 Å². The summed E-state index contributed by atoms with van der Waals surface area (Å²) in [4.78, 5) is 18.3. The van der Waals surface area contributed by atoms with E-state index in [4.69, 9.17) is 14.2 Å². The monoisotopic (exact) mass is 498 g/mol. The standard InChI is InChI=1S/C25H34N6O5/c1-2-5-21(24-27-28-29-31(24)16-19-6-3-9-34-19)30(7-4-8-32)15-18-12-17-13-22-23(36-11-10-35-22)14-20(17)26-25(18)33/h12-14,19,21,32H,2-11,15-16H2,1H3,(H,26,33). The summed E-state index contributed by atoms with van der Waals surface area (Å²) < 4.78 is 19.0. The second-order valence-electron chi connectivity index (χ2n) is 9.41. The molecular weight excluding hydrogens is 464 g/mol. The van der Waals surface area contributed by atoms with E-state index in [9.17, 15) is 9.90 Å². The van der Waals surface area contributed by atoms with Crippen LogP contribution in [0.1, 0.15) is 56.5 Å². The maximum atomic E-state index is 13.1. The highest BCUT2D eigenvalue weighted by Gasteiger charge is 2.28. The number of tetrazole rings is 1. The van der Waals surface area contributed by atoms with Crippen LogP contribution in [0.15, 0.2) is 23.0 Å². The van der Waals surface area contributed by atoms with Crippen LogP contribution in [0.4, 0.5) is 0 Å². The predicted molar refractivity (Wildman–Crippen MR) is 132 cm³/mol. The number of H-pyrrole nitrogens is 1. The number of pyridine rings is 1. The van der Waals surface area contributed by atoms with E-state index < -0.39 is 0 Å². The summed E-state index contributed by atoms with van der Waals surface area (Å²) in [6.07, 6.45) is 4.48. The first kappa shape index (κ1) is 24.7. The number of nitrogens with one attached hydrogen (secondary N) is 1. The van der Waals surface area contributed by atoms with Crippen LogP contribution in [0.25, 0.3) is 10.9 Å². The molecular formula is C25H34N6O5. The number of nitrogens with zero attached hydrogens (tertiary/aromatic N) is 5. The number of benzene rings is 1. The lowest BCUT2D eigenvalue weighted by Gasteiger charge is -2.31. The molecule has 0 radical (unpaired) electrons. The Kier molecular flexibility index (Phi) is 7.78. The number of aliphatic hydroxyl groups excluding tert-OH is 1. The topological polar surface area (TPSA) is 128 Å². The number of aliphatic hydroxyl groups is 1. The molecule has 1 aromatic carbocycles. The Morgan fingerprint density at radius 2 is 2.06 bits per heavy atom. The van der Waals surface area contributed by atoms with Crippen LogP contribution < -0.4 is 15.0 Å². The zero-order chi connectivity index (χ0) is 24.9. The molecule has 36 heavy (non-hydrogen) atoms. The number of aromatic amines is 1. The van der Waals surface area contributed by atoms with Crippen molar-refractivity contribution in [3.63, 3.8) is 0 Å². The highest BCUT2D eigenvalue weighted by molar-refractivity contribution is 5.83. The molecule has 0 aliphatic carbocycles. The van der Waals surface area contributed by atoms with Gasteiger partial charge in [0.2, 0.25) is 0 Å². The smallest absolute Gasteiger partial charge is 0.252 e. The molecule has 2 aliphatic heterocycles. The van der Waals surface area contributed by atoms with Crippen molar-refractivity contribution in [2.75, 3.05) is 33.0 Å². The van der Waals surface area contributed by atoms with Crippen LogP contribution in [-0.4, -0.2) is 74.3 Å². The summed E-state index contributed by atoms with van der Waals surface area (Å²) >= 11 is 0. The molecule has 2 unspecified atom stereocenters. The molecule has 11 nitrogen and oxygen atoms in total. The average molecular weight is 499 g/mol. The fourth-order valence-electron chi connectivity index (χ4n) is 5.05. The van der Waals surface area contributed by atoms with Gasteiger partial charge in [0, 0.05) is 43.3 Å². The normalized spacial score (nSPS) is 18.2. The predicted octanol–water partition coefficient (Wildman–Crippen LogP) is 2.19. The van der Waals surface area contributed by atoms with Gasteiger partial charge in [-0.05, 0) is 48.2 Å². The number of hydrogen-bond donors (Lipinski definition) is 2. The minimum atomic E-state index is -0.151. The van der Waals surface area contributed by atoms with Gasteiger partial charge in [0.05, 0.1) is 24.2 Å². The van der Waals surface area contributed by atoms with E-state index in [1.165, 1.54) is 0 Å². The van der Waals surface area contributed by atoms with Gasteiger partial charge in [-0.15, -0.1) is 5.10 Å². The van der Waals surface area contributed by atoms with E-state index in [-0.39, 0.29) is 24.3 Å². The third-order valence-electron chi connectivity index (χ3n) is 6.82. The fourth-order valence-corrected chi connectivity index (χ4v) is 5.05. The van der Waals surface area contributed by atoms with Crippen LogP contribution in [0, 0.1) is 0 Å². The van der Waals surface area contributed by atoms with E-state index in [0.717, 1.165) is 43.5 Å². The zero-order valence-electron chi connectivity index (χ0n) is 20.7. The SMILES string of the molecule is CCCC(c1nnnn1CC1CCCO1)N(CCCO)Cc1cc2cc3c(cc2[nH]c1=O)OCCO3. The Labute approximate surface area is 209 Å². The van der Waals surface area contributed by atoms with Crippen molar-refractivity contribution in [2.45, 2.75) is 64.3 Å². The Morgan fingerprint density at radius 1 is 1.22 bits per heavy atom. The minimum absolute atomic E-state index is 0.0632. The molecule has 4 heterocycles. The van der Waals surface area contributed by atoms with Crippen molar-refractivity contribution in [2.24, 2.45) is 0 Å². The third-order valence-corrected chi connectivity index (χ3v) is 6.82. The first-order valence-corrected chi connectivity index (χ1v) is 12.8. The van der Waals surface area contributed by atoms with Gasteiger partial charge in [-0.25, -0.2) is 4.68 Å². The van der Waals surface area contributed by atoms with Gasteiger partial charge in [0.15, 0.2) is 17.3 Å². The number of aromatic nitrogens is 5. The Hall–Kier alpha value is -3.02. The fraction of sp³-hybridized carbons (Fsp3) is 0.600. The lowest BCUT2D eigenvalue weighted by Crippen LogP contribution is -2.34. The summed E-state index contributed by atoms with van der Waals surface area (Å²) in [6.45, 7) is 5.57. The molecule has 194 valence electrons. The van der Waals surface area contributed by atoms with E-state index >= 15 is 0 Å². The Morgan fingerprint density at radius 3 is 2.81 bits per heavy atom. The molecule has 0 spiro atoms. The van der Waals surface area contributed by atoms with E-state index in [1.54, 1.807) is 0 Å². The number of ether oxygens (including phenoxy) is 3. The Bertz CT molecular complexity index is 1220. The zero-order valence-corrected chi connectivity index (χ0v) is 20.7. The van der Waals surface area contributed by atoms with E-state index in [2.05, 4.69) is 32.3 Å². The first-order valence-electron chi connectivity index (χ1n) is 12.8. The van der Waals surface area contributed by atoms with Crippen LogP contribution in [0.2, 0.25) is 0 Å². The summed E-state index contributed by atoms with van der Waals surface area (Å²) in [5.74, 6) is 2.09. The largest absolute Gasteiger partial charge is 0.486 e. The summed E-state index contributed by atoms with van der Waals surface area (Å²) in [6, 6.07) is 5.54. The summed E-state index contributed by atoms with van der Waals surface area (Å²) in [5.41, 5.74) is 1.19. The van der Waals surface area contributed by atoms with Gasteiger partial charge in [-0.1, -0.05) is 13.3 Å². The molecule has 2 aromatic heterocycles. The molecule has 2 N–H and O–H groups in total. The molecule has 2 aliphatic rings. The Balaban J connectivity index is 1.45. The summed E-state index contributed by atoms with van der Waals surface area (Å²) in [5, 5.41) is 23.1. The van der Waals surface area contributed by atoms with Crippen molar-refractivity contribution >= 4 is 10.9 Å². The lowest BCUT2D eigenvalue weighted by atomic mass is 10.1. The van der Waals surface area contributed by atoms with Crippen LogP contribution in [0.3, 0.4) is 0 Å². The second kappa shape index (κ2) is 11.4. The molecule has 1 saturated heterocycles. The van der Waals surface area contributed by atoms with Crippen molar-refractivity contribution in [1.29, 1.82) is 0 Å². The van der Waals surface area contributed by atoms with E-state index in [1.807, 2.05) is 22.9 Å². The highest BCUT2D eigenvalue weighted by atomic mass is 16.6. The molecule has 1 fully saturated rings. The van der Waals surface area contributed by atoms with E-state index in [0.29, 0.717) is 61.8 Å². The van der Waals surface area contributed by atoms with Crippen LogP contribution in [-0.2, 0) is 17.8 Å². The van der Waals surface area contributed by atoms with Crippen LogP contribution in [0.5, 0.6) is 11.5 Å². The number of hydrogen-bond acceptors (Lipinski definition) is 9. The van der Waals surface area contributed by atoms with Crippen molar-refractivity contribution in [3.8, 4) is 11.5 Å². The maximum absolute atomic E-state index is 13.1. The minimum Gasteiger partial charge on any atom is -0.486 e. The molecule has 0 saturated carbocycles. The first-order chi connectivity index (χ1) is 17.7. The summed E-state index contributed by atoms with van der Waals surface area (Å²) in [7, 11) is 0. The van der Waals surface area contributed by atoms with Gasteiger partial charge >= 0.3 is 0 Å². The molecule has 0 amide bonds. The molecule has 3 aromatic rings. The molecule has 2 atom stereocenters. The van der Waals surface area contributed by atoms with Crippen molar-refractivity contribution in [1.82, 2.24) is 30.1 Å². The van der Waals surface area contributed by atoms with Gasteiger partial charge in [-0.2, -0.15) is 0 Å².